The molecule has 0 bridgehead atoms. The highest BCUT2D eigenvalue weighted by molar-refractivity contribution is 5.22. The van der Waals surface area contributed by atoms with Crippen LogP contribution in [0.4, 0.5) is 8.78 Å². The first-order valence-corrected chi connectivity index (χ1v) is 5.02. The number of pyridine rings is 1. The summed E-state index contributed by atoms with van der Waals surface area (Å²) in [6, 6.07) is 5.17. The fourth-order valence-corrected chi connectivity index (χ4v) is 1.92. The minimum Gasteiger partial charge on any atom is -0.383 e. The third-order valence-electron chi connectivity index (χ3n) is 2.75. The molecule has 1 aromatic heterocycles. The van der Waals surface area contributed by atoms with E-state index in [0.717, 1.165) is 12.1 Å². The second-order valence-electron chi connectivity index (χ2n) is 4.11. The summed E-state index contributed by atoms with van der Waals surface area (Å²) >= 11 is 0. The molecular weight excluding hydrogens is 200 g/mol. The molecule has 0 spiro atoms. The number of aryl methyl sites for hydroxylation is 1. The Morgan fingerprint density at radius 1 is 1.40 bits per heavy atom. The summed E-state index contributed by atoms with van der Waals surface area (Å²) in [5.74, 6) is -2.74. The van der Waals surface area contributed by atoms with Gasteiger partial charge in [-0.3, -0.25) is 4.98 Å². The van der Waals surface area contributed by atoms with Crippen LogP contribution in [-0.4, -0.2) is 16.0 Å². The first-order chi connectivity index (χ1) is 6.95. The van der Waals surface area contributed by atoms with E-state index in [-0.39, 0.29) is 0 Å². The Balaban J connectivity index is 2.23. The van der Waals surface area contributed by atoms with Gasteiger partial charge in [0, 0.05) is 18.5 Å². The molecule has 0 atom stereocenters. The zero-order valence-electron chi connectivity index (χ0n) is 8.50. The average molecular weight is 213 g/mol. The lowest BCUT2D eigenvalue weighted by molar-refractivity contribution is -0.212. The molecule has 0 unspecified atom stereocenters. The Labute approximate surface area is 87.0 Å². The van der Waals surface area contributed by atoms with E-state index in [4.69, 9.17) is 0 Å². The standard InChI is InChI=1S/C11H13F2NO/c1-2-8-4-3-5-9(14-8)10(15)6-11(12,13)7-10/h3-5,15H,2,6-7H2,1H3. The van der Waals surface area contributed by atoms with Crippen LogP contribution in [-0.2, 0) is 12.0 Å². The normalized spacial score (nSPS) is 22.1. The van der Waals surface area contributed by atoms with E-state index < -0.39 is 24.4 Å². The minimum atomic E-state index is -2.74. The molecule has 0 saturated heterocycles. The van der Waals surface area contributed by atoms with Crippen LogP contribution >= 0.6 is 0 Å². The van der Waals surface area contributed by atoms with Crippen LogP contribution in [0.25, 0.3) is 0 Å². The molecule has 1 aliphatic carbocycles. The Hall–Kier alpha value is -1.03. The van der Waals surface area contributed by atoms with Crippen molar-refractivity contribution in [3.63, 3.8) is 0 Å². The number of hydrogen-bond donors (Lipinski definition) is 1. The van der Waals surface area contributed by atoms with Gasteiger partial charge in [0.15, 0.2) is 0 Å². The Bertz CT molecular complexity index is 371. The van der Waals surface area contributed by atoms with Gasteiger partial charge in [-0.05, 0) is 18.6 Å². The van der Waals surface area contributed by atoms with Gasteiger partial charge >= 0.3 is 0 Å². The van der Waals surface area contributed by atoms with Crippen molar-refractivity contribution in [3.8, 4) is 0 Å². The van der Waals surface area contributed by atoms with Gasteiger partial charge in [0.25, 0.3) is 5.92 Å². The molecule has 82 valence electrons. The highest BCUT2D eigenvalue weighted by Crippen LogP contribution is 2.50. The maximum absolute atomic E-state index is 12.7. The molecule has 1 heterocycles. The molecule has 1 aliphatic rings. The first kappa shape index (κ1) is 10.5. The van der Waals surface area contributed by atoms with Crippen LogP contribution in [0.3, 0.4) is 0 Å². The number of halogens is 2. The number of hydrogen-bond acceptors (Lipinski definition) is 2. The van der Waals surface area contributed by atoms with E-state index in [1.165, 1.54) is 0 Å². The largest absolute Gasteiger partial charge is 0.383 e. The monoisotopic (exact) mass is 213 g/mol. The predicted octanol–water partition coefficient (Wildman–Crippen LogP) is 2.26. The number of aromatic nitrogens is 1. The van der Waals surface area contributed by atoms with Crippen LogP contribution in [0.1, 0.15) is 31.2 Å². The molecule has 1 fully saturated rings. The molecule has 4 heteroatoms. The highest BCUT2D eigenvalue weighted by atomic mass is 19.3. The van der Waals surface area contributed by atoms with Gasteiger partial charge in [-0.2, -0.15) is 0 Å². The van der Waals surface area contributed by atoms with Crippen LogP contribution in [0.5, 0.6) is 0 Å². The molecule has 15 heavy (non-hydrogen) atoms. The molecule has 0 aliphatic heterocycles. The molecule has 0 aromatic carbocycles. The molecule has 2 rings (SSSR count). The molecule has 1 aromatic rings. The lowest BCUT2D eigenvalue weighted by Crippen LogP contribution is -2.49. The number of nitrogens with zero attached hydrogens (tertiary/aromatic N) is 1. The van der Waals surface area contributed by atoms with Gasteiger partial charge in [0.1, 0.15) is 5.60 Å². The molecular formula is C11H13F2NO. The third kappa shape index (κ3) is 1.86. The summed E-state index contributed by atoms with van der Waals surface area (Å²) in [5.41, 5.74) is -0.238. The summed E-state index contributed by atoms with van der Waals surface area (Å²) in [6.45, 7) is 1.94. The summed E-state index contributed by atoms with van der Waals surface area (Å²) in [7, 11) is 0. The van der Waals surface area contributed by atoms with Gasteiger partial charge in [0.05, 0.1) is 5.69 Å². The predicted molar refractivity (Wildman–Crippen MR) is 51.7 cm³/mol. The maximum atomic E-state index is 12.7. The zero-order valence-corrected chi connectivity index (χ0v) is 8.50. The number of aliphatic hydroxyl groups is 1. The summed E-state index contributed by atoms with van der Waals surface area (Å²) in [4.78, 5) is 4.17. The van der Waals surface area contributed by atoms with Crippen molar-refractivity contribution in [2.45, 2.75) is 37.7 Å². The molecule has 0 amide bonds. The topological polar surface area (TPSA) is 33.1 Å². The second kappa shape index (κ2) is 3.23. The highest BCUT2D eigenvalue weighted by Gasteiger charge is 2.57. The lowest BCUT2D eigenvalue weighted by Gasteiger charge is -2.42. The average Bonchev–Trinajstić information content (AvgIpc) is 2.15. The maximum Gasteiger partial charge on any atom is 0.254 e. The SMILES string of the molecule is CCc1cccc(C2(O)CC(F)(F)C2)n1. The van der Waals surface area contributed by atoms with E-state index in [0.29, 0.717) is 5.69 Å². The van der Waals surface area contributed by atoms with Crippen LogP contribution in [0, 0.1) is 0 Å². The third-order valence-corrected chi connectivity index (χ3v) is 2.75. The van der Waals surface area contributed by atoms with Gasteiger partial charge in [-0.25, -0.2) is 8.78 Å². The molecule has 0 radical (unpaired) electrons. The Morgan fingerprint density at radius 3 is 2.60 bits per heavy atom. The van der Waals surface area contributed by atoms with Crippen molar-refractivity contribution < 1.29 is 13.9 Å². The van der Waals surface area contributed by atoms with E-state index in [1.54, 1.807) is 12.1 Å². The molecule has 1 saturated carbocycles. The Kier molecular flexibility index (Phi) is 2.26. The molecule has 2 nitrogen and oxygen atoms in total. The second-order valence-corrected chi connectivity index (χ2v) is 4.11. The van der Waals surface area contributed by atoms with Gasteiger partial charge in [-0.15, -0.1) is 0 Å². The van der Waals surface area contributed by atoms with Crippen LogP contribution in [0.15, 0.2) is 18.2 Å². The Morgan fingerprint density at radius 2 is 2.07 bits per heavy atom. The van der Waals surface area contributed by atoms with Crippen LogP contribution in [0.2, 0.25) is 0 Å². The summed E-state index contributed by atoms with van der Waals surface area (Å²) < 4.78 is 25.4. The lowest BCUT2D eigenvalue weighted by atomic mass is 9.74. The number of rotatable bonds is 2. The van der Waals surface area contributed by atoms with E-state index in [1.807, 2.05) is 13.0 Å². The van der Waals surface area contributed by atoms with Crippen molar-refractivity contribution >= 4 is 0 Å². The van der Waals surface area contributed by atoms with Crippen molar-refractivity contribution in [3.05, 3.63) is 29.6 Å². The summed E-state index contributed by atoms with van der Waals surface area (Å²) in [6.07, 6.45) is -0.291. The van der Waals surface area contributed by atoms with Crippen molar-refractivity contribution in [2.24, 2.45) is 0 Å². The fraction of sp³-hybridized carbons (Fsp3) is 0.545. The molecule has 1 N–H and O–H groups in total. The summed E-state index contributed by atoms with van der Waals surface area (Å²) in [5, 5.41) is 9.89. The van der Waals surface area contributed by atoms with E-state index >= 15 is 0 Å². The van der Waals surface area contributed by atoms with Gasteiger partial charge < -0.3 is 5.11 Å². The zero-order chi connectivity index (χ0) is 11.1. The quantitative estimate of drug-likeness (QED) is 0.817. The van der Waals surface area contributed by atoms with Crippen molar-refractivity contribution in [1.29, 1.82) is 0 Å². The minimum absolute atomic E-state index is 0.368. The van der Waals surface area contributed by atoms with E-state index in [2.05, 4.69) is 4.98 Å². The van der Waals surface area contributed by atoms with Crippen molar-refractivity contribution in [2.75, 3.05) is 0 Å². The van der Waals surface area contributed by atoms with Crippen molar-refractivity contribution in [1.82, 2.24) is 4.98 Å². The fourth-order valence-electron chi connectivity index (χ4n) is 1.92. The number of alkyl halides is 2. The van der Waals surface area contributed by atoms with Gasteiger partial charge in [0.2, 0.25) is 0 Å². The van der Waals surface area contributed by atoms with Crippen LogP contribution < -0.4 is 0 Å². The van der Waals surface area contributed by atoms with E-state index in [9.17, 15) is 13.9 Å². The smallest absolute Gasteiger partial charge is 0.254 e. The first-order valence-electron chi connectivity index (χ1n) is 5.02. The van der Waals surface area contributed by atoms with Gasteiger partial charge in [-0.1, -0.05) is 13.0 Å².